The molecule has 0 spiro atoms. The quantitative estimate of drug-likeness (QED) is 0.569. The third-order valence-electron chi connectivity index (χ3n) is 2.61. The number of ketones is 1. The monoisotopic (exact) mass is 271 g/mol. The smallest absolute Gasteiger partial charge is 0.309 e. The Bertz CT molecular complexity index is 381. The Morgan fingerprint density at radius 1 is 1.28 bits per heavy atom. The van der Waals surface area contributed by atoms with Crippen LogP contribution in [0.5, 0.6) is 0 Å². The minimum atomic E-state index is -0.406. The van der Waals surface area contributed by atoms with Gasteiger partial charge >= 0.3 is 5.97 Å². The number of carbonyl (C=O) groups is 2. The van der Waals surface area contributed by atoms with E-state index in [1.165, 1.54) is 7.11 Å². The molecule has 1 aromatic rings. The number of methoxy groups -OCH3 is 1. The molecule has 1 atom stereocenters. The van der Waals surface area contributed by atoms with Gasteiger partial charge in [0.05, 0.1) is 13.0 Å². The molecule has 0 amide bonds. The van der Waals surface area contributed by atoms with E-state index >= 15 is 0 Å². The van der Waals surface area contributed by atoms with Crippen molar-refractivity contribution < 1.29 is 32.5 Å². The van der Waals surface area contributed by atoms with Crippen LogP contribution in [0, 0.1) is 5.92 Å². The lowest BCUT2D eigenvalue weighted by Crippen LogP contribution is -3.00. The molecule has 0 aliphatic heterocycles. The van der Waals surface area contributed by atoms with Crippen LogP contribution in [0.4, 0.5) is 0 Å². The first kappa shape index (κ1) is 16.6. The van der Waals surface area contributed by atoms with Crippen molar-refractivity contribution in [3.63, 3.8) is 0 Å². The van der Waals surface area contributed by atoms with Gasteiger partial charge in [0.2, 0.25) is 0 Å². The normalized spacial score (nSPS) is 11.2. The number of esters is 1. The summed E-state index contributed by atoms with van der Waals surface area (Å²) in [5.74, 6) is -0.761. The molecule has 0 unspecified atom stereocenters. The van der Waals surface area contributed by atoms with Crippen molar-refractivity contribution in [3.8, 4) is 0 Å². The van der Waals surface area contributed by atoms with Gasteiger partial charge < -0.3 is 22.9 Å². The second-order valence-corrected chi connectivity index (χ2v) is 3.90. The molecule has 0 saturated carbocycles. The Balaban J connectivity index is 0.00000289. The number of carbonyl (C=O) groups excluding carboxylic acids is 2. The van der Waals surface area contributed by atoms with E-state index in [0.717, 1.165) is 5.56 Å². The molecule has 0 aliphatic rings. The average molecular weight is 272 g/mol. The number of ether oxygens (including phenoxy) is 1. The van der Waals surface area contributed by atoms with E-state index in [1.54, 1.807) is 0 Å². The fraction of sp³-hybridized carbons (Fsp3) is 0.385. The van der Waals surface area contributed by atoms with Crippen LogP contribution < -0.4 is 18.1 Å². The van der Waals surface area contributed by atoms with Crippen molar-refractivity contribution in [2.75, 3.05) is 13.7 Å². The van der Waals surface area contributed by atoms with E-state index < -0.39 is 5.92 Å². The molecule has 0 fully saturated rings. The Morgan fingerprint density at radius 3 is 2.39 bits per heavy atom. The molecule has 0 radical (unpaired) electrons. The summed E-state index contributed by atoms with van der Waals surface area (Å²) in [6.07, 6.45) is 0.727. The highest BCUT2D eigenvalue weighted by atomic mass is 35.5. The Labute approximate surface area is 113 Å². The fourth-order valence-corrected chi connectivity index (χ4v) is 1.68. The van der Waals surface area contributed by atoms with E-state index in [-0.39, 0.29) is 37.1 Å². The third-order valence-corrected chi connectivity index (χ3v) is 2.61. The highest BCUT2D eigenvalue weighted by Crippen LogP contribution is 2.14. The molecule has 18 heavy (non-hydrogen) atoms. The highest BCUT2D eigenvalue weighted by molar-refractivity contribution is 5.85. The Kier molecular flexibility index (Phi) is 8.00. The van der Waals surface area contributed by atoms with Gasteiger partial charge in [-0.15, -0.1) is 0 Å². The summed E-state index contributed by atoms with van der Waals surface area (Å²) < 4.78 is 4.72. The van der Waals surface area contributed by atoms with Crippen LogP contribution in [0.2, 0.25) is 0 Å². The molecule has 100 valence electrons. The fourth-order valence-electron chi connectivity index (χ4n) is 1.68. The van der Waals surface area contributed by atoms with Crippen molar-refractivity contribution in [1.82, 2.24) is 0 Å². The zero-order valence-electron chi connectivity index (χ0n) is 10.4. The third kappa shape index (κ3) is 5.29. The number of halogens is 1. The van der Waals surface area contributed by atoms with Gasteiger partial charge in [-0.1, -0.05) is 30.3 Å². The van der Waals surface area contributed by atoms with Crippen LogP contribution in [0.3, 0.4) is 0 Å². The van der Waals surface area contributed by atoms with Crippen LogP contribution >= 0.6 is 0 Å². The lowest BCUT2D eigenvalue weighted by atomic mass is 9.94. The summed E-state index contributed by atoms with van der Waals surface area (Å²) in [7, 11) is 1.34. The molecule has 3 N–H and O–H groups in total. The summed E-state index contributed by atoms with van der Waals surface area (Å²) in [4.78, 5) is 22.9. The largest absolute Gasteiger partial charge is 1.00 e. The summed E-state index contributed by atoms with van der Waals surface area (Å²) in [5.41, 5.74) is 4.56. The summed E-state index contributed by atoms with van der Waals surface area (Å²) in [6, 6.07) is 9.60. The maximum absolute atomic E-state index is 11.6. The van der Waals surface area contributed by atoms with Crippen molar-refractivity contribution >= 4 is 11.8 Å². The van der Waals surface area contributed by atoms with Gasteiger partial charge in [0.15, 0.2) is 5.78 Å². The second kappa shape index (κ2) is 8.66. The van der Waals surface area contributed by atoms with E-state index in [1.807, 2.05) is 30.3 Å². The topological polar surface area (TPSA) is 71.0 Å². The van der Waals surface area contributed by atoms with E-state index in [9.17, 15) is 9.59 Å². The Morgan fingerprint density at radius 2 is 1.89 bits per heavy atom. The van der Waals surface area contributed by atoms with Gasteiger partial charge in [0.25, 0.3) is 0 Å². The van der Waals surface area contributed by atoms with Crippen molar-refractivity contribution in [2.24, 2.45) is 5.92 Å². The maximum Gasteiger partial charge on any atom is 0.309 e. The first-order chi connectivity index (χ1) is 8.17. The number of Topliss-reactive ketones (excluding diaryl/α,β-unsaturated/α-hetero) is 1. The zero-order valence-corrected chi connectivity index (χ0v) is 11.2. The van der Waals surface area contributed by atoms with Gasteiger partial charge in [-0.05, 0) is 12.0 Å². The molecule has 4 nitrogen and oxygen atoms in total. The minimum Gasteiger partial charge on any atom is -1.00 e. The molecule has 0 aromatic heterocycles. The van der Waals surface area contributed by atoms with Gasteiger partial charge in [-0.3, -0.25) is 9.59 Å². The summed E-state index contributed by atoms with van der Waals surface area (Å²) >= 11 is 0. The molecular formula is C13H18ClNO3. The number of hydrogen-bond donors (Lipinski definition) is 1. The molecule has 0 bridgehead atoms. The van der Waals surface area contributed by atoms with E-state index in [4.69, 9.17) is 4.74 Å². The SMILES string of the molecule is COC(=O)[C@@H](CC(=O)C[NH3+])Cc1ccccc1.[Cl-]. The standard InChI is InChI=1S/C13H17NO3.ClH/c1-17-13(16)11(8-12(15)9-14)7-10-5-3-2-4-6-10;/h2-6,11H,7-9,14H2,1H3;1H/t11-;/m1./s1. The van der Waals surface area contributed by atoms with E-state index in [0.29, 0.717) is 6.42 Å². The molecular weight excluding hydrogens is 254 g/mol. The summed E-state index contributed by atoms with van der Waals surface area (Å²) in [6.45, 7) is 0.211. The van der Waals surface area contributed by atoms with Crippen LogP contribution in [0.1, 0.15) is 12.0 Å². The molecule has 0 heterocycles. The molecule has 1 aromatic carbocycles. The number of hydrogen-bond acceptors (Lipinski definition) is 3. The molecule has 1 rings (SSSR count). The van der Waals surface area contributed by atoms with Crippen molar-refractivity contribution in [3.05, 3.63) is 35.9 Å². The average Bonchev–Trinajstić information content (AvgIpc) is 2.38. The van der Waals surface area contributed by atoms with Gasteiger partial charge in [-0.2, -0.15) is 0 Å². The van der Waals surface area contributed by atoms with Crippen LogP contribution in [0.25, 0.3) is 0 Å². The van der Waals surface area contributed by atoms with Crippen LogP contribution in [0.15, 0.2) is 30.3 Å². The first-order valence-electron chi connectivity index (χ1n) is 5.60. The number of quaternary nitrogens is 1. The lowest BCUT2D eigenvalue weighted by molar-refractivity contribution is -0.354. The van der Waals surface area contributed by atoms with Gasteiger partial charge in [0, 0.05) is 6.42 Å². The van der Waals surface area contributed by atoms with Gasteiger partial charge in [0.1, 0.15) is 6.54 Å². The predicted octanol–water partition coefficient (Wildman–Crippen LogP) is -2.78. The molecule has 0 saturated heterocycles. The van der Waals surface area contributed by atoms with Crippen LogP contribution in [-0.2, 0) is 20.7 Å². The number of benzene rings is 1. The Hall–Kier alpha value is -1.39. The molecule has 5 heteroatoms. The maximum atomic E-state index is 11.6. The minimum absolute atomic E-state index is 0. The van der Waals surface area contributed by atoms with Crippen molar-refractivity contribution in [2.45, 2.75) is 12.8 Å². The lowest BCUT2D eigenvalue weighted by Gasteiger charge is -2.13. The second-order valence-electron chi connectivity index (χ2n) is 3.90. The zero-order chi connectivity index (χ0) is 12.7. The number of rotatable bonds is 6. The van der Waals surface area contributed by atoms with Gasteiger partial charge in [-0.25, -0.2) is 0 Å². The van der Waals surface area contributed by atoms with E-state index in [2.05, 4.69) is 5.73 Å². The highest BCUT2D eigenvalue weighted by Gasteiger charge is 2.22. The molecule has 0 aliphatic carbocycles. The summed E-state index contributed by atoms with van der Waals surface area (Å²) in [5, 5.41) is 0. The van der Waals surface area contributed by atoms with Crippen molar-refractivity contribution in [1.29, 1.82) is 0 Å². The van der Waals surface area contributed by atoms with Crippen LogP contribution in [-0.4, -0.2) is 25.4 Å². The predicted molar refractivity (Wildman–Crippen MR) is 63.0 cm³/mol. The first-order valence-corrected chi connectivity index (χ1v) is 5.60.